The van der Waals surface area contributed by atoms with Crippen LogP contribution in [0.5, 0.6) is 5.75 Å². The lowest BCUT2D eigenvalue weighted by atomic mass is 9.69. The summed E-state index contributed by atoms with van der Waals surface area (Å²) in [7, 11) is 3.86. The maximum Gasteiger partial charge on any atom is 0.573 e. The number of alkyl halides is 3. The summed E-state index contributed by atoms with van der Waals surface area (Å²) < 4.78 is 41.7. The number of amides is 2. The molecular formula is C17H22F3N3O2. The number of hydrogen-bond donors (Lipinski definition) is 2. The SMILES string of the molecule is CN(C)[C@]1(c2cccc(OC(F)(F)F)c2)CC[C@@]2(CC1)CNC(=O)N2. The summed E-state index contributed by atoms with van der Waals surface area (Å²) in [4.78, 5) is 13.6. The van der Waals surface area contributed by atoms with Gasteiger partial charge in [-0.1, -0.05) is 12.1 Å². The fourth-order valence-electron chi connectivity index (χ4n) is 4.00. The van der Waals surface area contributed by atoms with Gasteiger partial charge in [-0.2, -0.15) is 0 Å². The third-order valence-corrected chi connectivity index (χ3v) is 5.46. The number of carbonyl (C=O) groups excluding carboxylic acids is 1. The third kappa shape index (κ3) is 3.53. The summed E-state index contributed by atoms with van der Waals surface area (Å²) in [5.74, 6) is -0.206. The molecule has 3 rings (SSSR count). The van der Waals surface area contributed by atoms with E-state index in [1.807, 2.05) is 20.2 Å². The van der Waals surface area contributed by atoms with Crippen LogP contribution in [0.3, 0.4) is 0 Å². The summed E-state index contributed by atoms with van der Waals surface area (Å²) in [5, 5.41) is 5.80. The lowest BCUT2D eigenvalue weighted by Crippen LogP contribution is -2.54. The minimum absolute atomic E-state index is 0.155. The van der Waals surface area contributed by atoms with Gasteiger partial charge in [0.1, 0.15) is 5.75 Å². The van der Waals surface area contributed by atoms with E-state index in [1.165, 1.54) is 12.1 Å². The Balaban J connectivity index is 1.85. The Morgan fingerprint density at radius 2 is 1.84 bits per heavy atom. The molecule has 1 aromatic carbocycles. The average Bonchev–Trinajstić information content (AvgIpc) is 2.87. The van der Waals surface area contributed by atoms with Gasteiger partial charge in [-0.05, 0) is 57.5 Å². The van der Waals surface area contributed by atoms with Gasteiger partial charge in [0.2, 0.25) is 0 Å². The van der Waals surface area contributed by atoms with Crippen LogP contribution in [0, 0.1) is 0 Å². The van der Waals surface area contributed by atoms with Gasteiger partial charge in [-0.25, -0.2) is 4.79 Å². The molecule has 2 aliphatic rings. The minimum atomic E-state index is -4.71. The van der Waals surface area contributed by atoms with Crippen molar-refractivity contribution in [3.05, 3.63) is 29.8 Å². The highest BCUT2D eigenvalue weighted by atomic mass is 19.4. The van der Waals surface area contributed by atoms with Crippen LogP contribution < -0.4 is 15.4 Å². The quantitative estimate of drug-likeness (QED) is 0.875. The molecule has 8 heteroatoms. The van der Waals surface area contributed by atoms with Crippen LogP contribution in [0.4, 0.5) is 18.0 Å². The molecule has 2 fully saturated rings. The lowest BCUT2D eigenvalue weighted by Gasteiger charge is -2.48. The number of nitrogens with zero attached hydrogens (tertiary/aromatic N) is 1. The Hall–Kier alpha value is -1.96. The molecule has 1 aliphatic carbocycles. The summed E-state index contributed by atoms with van der Waals surface area (Å²) in [5.41, 5.74) is 0.159. The number of ether oxygens (including phenoxy) is 1. The van der Waals surface area contributed by atoms with Gasteiger partial charge in [0.25, 0.3) is 0 Å². The molecule has 0 bridgehead atoms. The molecule has 1 spiro atoms. The van der Waals surface area contributed by atoms with Crippen LogP contribution >= 0.6 is 0 Å². The fraction of sp³-hybridized carbons (Fsp3) is 0.588. The third-order valence-electron chi connectivity index (χ3n) is 5.46. The molecule has 1 saturated carbocycles. The Labute approximate surface area is 144 Å². The zero-order chi connectivity index (χ0) is 18.3. The van der Waals surface area contributed by atoms with Gasteiger partial charge in [0.05, 0.1) is 5.54 Å². The van der Waals surface area contributed by atoms with Gasteiger partial charge in [-0.3, -0.25) is 4.90 Å². The molecule has 5 nitrogen and oxygen atoms in total. The molecule has 2 amide bonds. The number of benzene rings is 1. The van der Waals surface area contributed by atoms with E-state index in [-0.39, 0.29) is 22.9 Å². The van der Waals surface area contributed by atoms with Crippen molar-refractivity contribution in [1.29, 1.82) is 0 Å². The summed E-state index contributed by atoms with van der Waals surface area (Å²) >= 11 is 0. The van der Waals surface area contributed by atoms with Crippen molar-refractivity contribution in [3.63, 3.8) is 0 Å². The highest BCUT2D eigenvalue weighted by Gasteiger charge is 2.48. The first-order valence-electron chi connectivity index (χ1n) is 8.24. The van der Waals surface area contributed by atoms with Crippen molar-refractivity contribution in [2.45, 2.75) is 43.1 Å². The van der Waals surface area contributed by atoms with Crippen LogP contribution in [-0.2, 0) is 5.54 Å². The van der Waals surface area contributed by atoms with Crippen molar-refractivity contribution >= 4 is 6.03 Å². The second-order valence-electron chi connectivity index (χ2n) is 7.09. The van der Waals surface area contributed by atoms with Crippen molar-refractivity contribution in [2.24, 2.45) is 0 Å². The Morgan fingerprint density at radius 3 is 2.36 bits per heavy atom. The van der Waals surface area contributed by atoms with Crippen molar-refractivity contribution < 1.29 is 22.7 Å². The summed E-state index contributed by atoms with van der Waals surface area (Å²) in [6.45, 7) is 0.590. The second kappa shape index (κ2) is 6.09. The average molecular weight is 357 g/mol. The smallest absolute Gasteiger partial charge is 0.406 e. The molecule has 1 heterocycles. The normalized spacial score (nSPS) is 29.6. The number of carbonyl (C=O) groups is 1. The predicted octanol–water partition coefficient (Wildman–Crippen LogP) is 2.97. The zero-order valence-corrected chi connectivity index (χ0v) is 14.2. The number of urea groups is 1. The minimum Gasteiger partial charge on any atom is -0.406 e. The number of rotatable bonds is 3. The van der Waals surface area contributed by atoms with E-state index in [4.69, 9.17) is 0 Å². The number of halogens is 3. The molecule has 2 N–H and O–H groups in total. The Morgan fingerprint density at radius 1 is 1.16 bits per heavy atom. The monoisotopic (exact) mass is 357 g/mol. The van der Waals surface area contributed by atoms with E-state index < -0.39 is 6.36 Å². The largest absolute Gasteiger partial charge is 0.573 e. The molecule has 0 radical (unpaired) electrons. The fourth-order valence-corrected chi connectivity index (χ4v) is 4.00. The first-order chi connectivity index (χ1) is 11.6. The molecule has 1 saturated heterocycles. The summed E-state index contributed by atoms with van der Waals surface area (Å²) in [6.07, 6.45) is -1.72. The standard InChI is InChI=1S/C17H22F3N3O2/c1-23(2)16(8-6-15(7-9-16)11-21-14(24)22-15)12-4-3-5-13(10-12)25-17(18,19)20/h3-5,10H,6-9,11H2,1-2H3,(H2,21,22,24)/t15-,16-. The maximum atomic E-state index is 12.5. The molecule has 138 valence electrons. The molecule has 1 aromatic rings. The van der Waals surface area contributed by atoms with Crippen LogP contribution in [-0.4, -0.2) is 43.5 Å². The van der Waals surface area contributed by atoms with Gasteiger partial charge in [0.15, 0.2) is 0 Å². The Bertz CT molecular complexity index is 653. The van der Waals surface area contributed by atoms with Crippen LogP contribution in [0.1, 0.15) is 31.2 Å². The van der Waals surface area contributed by atoms with Crippen LogP contribution in [0.25, 0.3) is 0 Å². The van der Waals surface area contributed by atoms with Crippen molar-refractivity contribution in [3.8, 4) is 5.75 Å². The first-order valence-corrected chi connectivity index (χ1v) is 8.24. The van der Waals surface area contributed by atoms with E-state index in [0.717, 1.165) is 31.2 Å². The van der Waals surface area contributed by atoms with E-state index in [1.54, 1.807) is 6.07 Å². The van der Waals surface area contributed by atoms with E-state index in [2.05, 4.69) is 20.3 Å². The van der Waals surface area contributed by atoms with Gasteiger partial charge >= 0.3 is 12.4 Å². The number of hydrogen-bond acceptors (Lipinski definition) is 3. The topological polar surface area (TPSA) is 53.6 Å². The Kier molecular flexibility index (Phi) is 4.35. The van der Waals surface area contributed by atoms with E-state index in [9.17, 15) is 18.0 Å². The number of nitrogens with one attached hydrogen (secondary N) is 2. The molecule has 0 unspecified atom stereocenters. The summed E-state index contributed by atoms with van der Waals surface area (Å²) in [6, 6.07) is 6.05. The predicted molar refractivity (Wildman–Crippen MR) is 86.2 cm³/mol. The van der Waals surface area contributed by atoms with Gasteiger partial charge in [-0.15, -0.1) is 13.2 Å². The van der Waals surface area contributed by atoms with Gasteiger partial charge in [0, 0.05) is 12.1 Å². The highest BCUT2D eigenvalue weighted by Crippen LogP contribution is 2.45. The van der Waals surface area contributed by atoms with Crippen molar-refractivity contribution in [2.75, 3.05) is 20.6 Å². The first kappa shape index (κ1) is 17.8. The van der Waals surface area contributed by atoms with Crippen molar-refractivity contribution in [1.82, 2.24) is 15.5 Å². The highest BCUT2D eigenvalue weighted by molar-refractivity contribution is 5.77. The molecule has 0 atom stereocenters. The molecule has 1 aliphatic heterocycles. The van der Waals surface area contributed by atoms with E-state index >= 15 is 0 Å². The molecule has 0 aromatic heterocycles. The zero-order valence-electron chi connectivity index (χ0n) is 14.2. The molecule has 25 heavy (non-hydrogen) atoms. The molecular weight excluding hydrogens is 335 g/mol. The second-order valence-corrected chi connectivity index (χ2v) is 7.09. The van der Waals surface area contributed by atoms with E-state index in [0.29, 0.717) is 6.54 Å². The van der Waals surface area contributed by atoms with Crippen LogP contribution in [0.2, 0.25) is 0 Å². The maximum absolute atomic E-state index is 12.5. The lowest BCUT2D eigenvalue weighted by molar-refractivity contribution is -0.274. The van der Waals surface area contributed by atoms with Gasteiger partial charge < -0.3 is 15.4 Å². The van der Waals surface area contributed by atoms with Crippen LogP contribution in [0.15, 0.2) is 24.3 Å².